The fourth-order valence-electron chi connectivity index (χ4n) is 1.16. The number of rotatable bonds is 7. The molecule has 0 N–H and O–H groups in total. The van der Waals surface area contributed by atoms with Crippen LogP contribution in [0.3, 0.4) is 0 Å². The largest absolute Gasteiger partial charge is 0.450 e. The zero-order valence-corrected chi connectivity index (χ0v) is 10.0. The molecule has 1 radical (unpaired) electrons. The van der Waals surface area contributed by atoms with E-state index in [2.05, 4.69) is 0 Å². The molecule has 5 heteroatoms. The van der Waals surface area contributed by atoms with Crippen LogP contribution in [0.4, 0.5) is 0 Å². The van der Waals surface area contributed by atoms with E-state index in [-0.39, 0.29) is 0 Å². The molecule has 0 atom stereocenters. The lowest BCUT2D eigenvalue weighted by molar-refractivity contribution is -0.182. The second-order valence-corrected chi connectivity index (χ2v) is 4.81. The summed E-state index contributed by atoms with van der Waals surface area (Å²) >= 11 is 0. The molecule has 0 amide bonds. The smallest absolute Gasteiger partial charge is 0.394 e. The number of ether oxygens (including phenoxy) is 2. The van der Waals surface area contributed by atoms with Gasteiger partial charge in [0, 0.05) is 27.4 Å². The van der Waals surface area contributed by atoms with Crippen molar-refractivity contribution < 1.29 is 18.3 Å². The van der Waals surface area contributed by atoms with Crippen LogP contribution in [0.1, 0.15) is 20.8 Å². The quantitative estimate of drug-likeness (QED) is 0.463. The Bertz CT molecular complexity index is 121. The first kappa shape index (κ1) is 13.1. The van der Waals surface area contributed by atoms with Crippen LogP contribution in [0.2, 0.25) is 0 Å². The molecule has 0 rings (SSSR count). The van der Waals surface area contributed by atoms with Gasteiger partial charge >= 0.3 is 9.28 Å². The van der Waals surface area contributed by atoms with Crippen LogP contribution in [-0.4, -0.2) is 42.1 Å². The first-order chi connectivity index (χ1) is 6.14. The van der Waals surface area contributed by atoms with Gasteiger partial charge in [-0.05, 0) is 20.8 Å². The van der Waals surface area contributed by atoms with Gasteiger partial charge in [0.05, 0.1) is 0 Å². The average molecular weight is 207 g/mol. The first-order valence-electron chi connectivity index (χ1n) is 4.37. The molecule has 4 nitrogen and oxygen atoms in total. The molecular formula is C8H19O4Si. The Morgan fingerprint density at radius 2 is 1.38 bits per heavy atom. The van der Waals surface area contributed by atoms with E-state index in [1.165, 1.54) is 0 Å². The summed E-state index contributed by atoms with van der Waals surface area (Å²) in [6.07, 6.45) is 0. The molecule has 0 saturated carbocycles. The third kappa shape index (κ3) is 3.74. The Morgan fingerprint density at radius 3 is 1.62 bits per heavy atom. The fourth-order valence-corrected chi connectivity index (χ4v) is 2.60. The van der Waals surface area contributed by atoms with Crippen molar-refractivity contribution in [2.45, 2.75) is 26.2 Å². The maximum Gasteiger partial charge on any atom is 0.450 e. The third-order valence-electron chi connectivity index (χ3n) is 1.58. The van der Waals surface area contributed by atoms with Crippen LogP contribution in [0, 0.1) is 0 Å². The summed E-state index contributed by atoms with van der Waals surface area (Å²) in [7, 11) is 1.68. The Labute approximate surface area is 82.0 Å². The summed E-state index contributed by atoms with van der Waals surface area (Å²) < 4.78 is 21.4. The predicted molar refractivity (Wildman–Crippen MR) is 51.4 cm³/mol. The molecule has 0 heterocycles. The number of hydrogen-bond acceptors (Lipinski definition) is 4. The molecule has 0 aliphatic heterocycles. The molecule has 0 aromatic carbocycles. The predicted octanol–water partition coefficient (Wildman–Crippen LogP) is 1.10. The van der Waals surface area contributed by atoms with Gasteiger partial charge in [-0.15, -0.1) is 0 Å². The number of hydrogen-bond donors (Lipinski definition) is 0. The maximum atomic E-state index is 5.49. The fraction of sp³-hybridized carbons (Fsp3) is 1.00. The lowest BCUT2D eigenvalue weighted by Gasteiger charge is -2.31. The highest BCUT2D eigenvalue weighted by molar-refractivity contribution is 6.47. The summed E-state index contributed by atoms with van der Waals surface area (Å²) in [5.41, 5.74) is -0.725. The molecule has 0 bridgehead atoms. The van der Waals surface area contributed by atoms with Crippen molar-refractivity contribution in [1.82, 2.24) is 0 Å². The highest BCUT2D eigenvalue weighted by atomic mass is 28.3. The van der Waals surface area contributed by atoms with Crippen molar-refractivity contribution in [1.29, 1.82) is 0 Å². The SMILES string of the molecule is CCOC(C)(OCC)[Si](OC)OC. The normalized spacial score (nSPS) is 12.5. The second kappa shape index (κ2) is 6.50. The zero-order valence-electron chi connectivity index (χ0n) is 9.05. The van der Waals surface area contributed by atoms with Crippen molar-refractivity contribution >= 4 is 9.28 Å². The molecule has 0 saturated heterocycles. The molecule has 0 unspecified atom stereocenters. The van der Waals surface area contributed by atoms with Crippen molar-refractivity contribution in [2.24, 2.45) is 0 Å². The Kier molecular flexibility index (Phi) is 6.53. The standard InChI is InChI=1S/C8H19O4Si/c1-6-11-8(3,12-7-2)13(9-4)10-5/h6-7H2,1-5H3. The van der Waals surface area contributed by atoms with Gasteiger partial charge in [0.1, 0.15) is 0 Å². The van der Waals surface area contributed by atoms with Crippen LogP contribution in [0.25, 0.3) is 0 Å². The lowest BCUT2D eigenvalue weighted by atomic mass is 10.7. The van der Waals surface area contributed by atoms with Gasteiger partial charge < -0.3 is 18.3 Å². The monoisotopic (exact) mass is 207 g/mol. The van der Waals surface area contributed by atoms with E-state index in [1.54, 1.807) is 14.2 Å². The highest BCUT2D eigenvalue weighted by Crippen LogP contribution is 2.17. The van der Waals surface area contributed by atoms with E-state index >= 15 is 0 Å². The van der Waals surface area contributed by atoms with Gasteiger partial charge in [-0.25, -0.2) is 0 Å². The maximum absolute atomic E-state index is 5.49. The Morgan fingerprint density at radius 1 is 1.00 bits per heavy atom. The highest BCUT2D eigenvalue weighted by Gasteiger charge is 2.41. The summed E-state index contributed by atoms with van der Waals surface area (Å²) in [5.74, 6) is 0. The lowest BCUT2D eigenvalue weighted by Crippen LogP contribution is -2.51. The summed E-state index contributed by atoms with van der Waals surface area (Å²) in [5, 5.41) is 0. The van der Waals surface area contributed by atoms with Crippen LogP contribution in [0.15, 0.2) is 0 Å². The Balaban J connectivity index is 4.33. The van der Waals surface area contributed by atoms with Gasteiger partial charge in [0.2, 0.25) is 5.41 Å². The van der Waals surface area contributed by atoms with Crippen LogP contribution in [-0.2, 0) is 18.3 Å². The van der Waals surface area contributed by atoms with Crippen LogP contribution < -0.4 is 0 Å². The molecule has 0 spiro atoms. The molecule has 79 valence electrons. The van der Waals surface area contributed by atoms with Gasteiger partial charge in [0.15, 0.2) is 0 Å². The minimum atomic E-state index is -1.53. The summed E-state index contributed by atoms with van der Waals surface area (Å²) in [6.45, 7) is 6.85. The average Bonchev–Trinajstić information content (AvgIpc) is 2.07. The van der Waals surface area contributed by atoms with Gasteiger partial charge in [-0.1, -0.05) is 0 Å². The van der Waals surface area contributed by atoms with E-state index in [0.717, 1.165) is 0 Å². The minimum Gasteiger partial charge on any atom is -0.394 e. The Hall–Kier alpha value is 0.0569. The van der Waals surface area contributed by atoms with Crippen LogP contribution >= 0.6 is 0 Å². The molecule has 0 aliphatic rings. The molecule has 13 heavy (non-hydrogen) atoms. The van der Waals surface area contributed by atoms with Gasteiger partial charge in [0.25, 0.3) is 0 Å². The van der Waals surface area contributed by atoms with Gasteiger partial charge in [-0.2, -0.15) is 0 Å². The zero-order chi connectivity index (χ0) is 10.3. The molecule has 0 aliphatic carbocycles. The topological polar surface area (TPSA) is 36.9 Å². The summed E-state index contributed by atoms with van der Waals surface area (Å²) in [4.78, 5) is 0. The van der Waals surface area contributed by atoms with Crippen molar-refractivity contribution in [3.05, 3.63) is 0 Å². The van der Waals surface area contributed by atoms with E-state index in [9.17, 15) is 0 Å². The van der Waals surface area contributed by atoms with E-state index < -0.39 is 14.7 Å². The van der Waals surface area contributed by atoms with E-state index in [1.807, 2.05) is 20.8 Å². The van der Waals surface area contributed by atoms with E-state index in [4.69, 9.17) is 18.3 Å². The summed E-state index contributed by atoms with van der Waals surface area (Å²) in [6, 6.07) is 0. The second-order valence-electron chi connectivity index (χ2n) is 2.51. The van der Waals surface area contributed by atoms with Crippen molar-refractivity contribution in [2.75, 3.05) is 27.4 Å². The van der Waals surface area contributed by atoms with Crippen LogP contribution in [0.5, 0.6) is 0 Å². The molecule has 0 aromatic rings. The van der Waals surface area contributed by atoms with E-state index in [0.29, 0.717) is 13.2 Å². The minimum absolute atomic E-state index is 0.581. The van der Waals surface area contributed by atoms with Crippen molar-refractivity contribution in [3.63, 3.8) is 0 Å². The van der Waals surface area contributed by atoms with Gasteiger partial charge in [-0.3, -0.25) is 0 Å². The molecule has 0 aromatic heterocycles. The molecule has 0 fully saturated rings. The molecular weight excluding hydrogens is 188 g/mol. The van der Waals surface area contributed by atoms with Crippen molar-refractivity contribution in [3.8, 4) is 0 Å². The third-order valence-corrected chi connectivity index (χ3v) is 3.35. The first-order valence-corrected chi connectivity index (χ1v) is 5.69.